The topological polar surface area (TPSA) is 67.0 Å². The first-order valence-corrected chi connectivity index (χ1v) is 11.7. The number of amides is 1. The van der Waals surface area contributed by atoms with Crippen LogP contribution in [-0.4, -0.2) is 17.6 Å². The Bertz CT molecular complexity index is 1510. The van der Waals surface area contributed by atoms with Crippen molar-refractivity contribution in [2.75, 3.05) is 12.4 Å². The number of benzene rings is 3. The number of hydrogen-bond donors (Lipinski definition) is 1. The summed E-state index contributed by atoms with van der Waals surface area (Å²) in [6.07, 6.45) is 1.64. The summed E-state index contributed by atoms with van der Waals surface area (Å²) in [6.45, 7) is 4.45. The Kier molecular flexibility index (Phi) is 7.16. The van der Waals surface area contributed by atoms with E-state index in [2.05, 4.69) is 16.0 Å². The third-order valence-corrected chi connectivity index (χ3v) is 6.60. The van der Waals surface area contributed by atoms with Crippen LogP contribution in [0.15, 0.2) is 66.2 Å². The van der Waals surface area contributed by atoms with Crippen LogP contribution in [0.5, 0.6) is 5.75 Å². The Hall–Kier alpha value is -3.72. The van der Waals surface area contributed by atoms with Gasteiger partial charge in [-0.3, -0.25) is 4.79 Å². The van der Waals surface area contributed by atoms with Crippen LogP contribution in [0, 0.1) is 25.2 Å². The number of rotatable bonds is 6. The third kappa shape index (κ3) is 5.05. The summed E-state index contributed by atoms with van der Waals surface area (Å²) in [7, 11) is 1.54. The molecule has 1 aromatic heterocycles. The maximum absolute atomic E-state index is 13.1. The minimum absolute atomic E-state index is 0.00546. The molecule has 7 heteroatoms. The number of nitrogens with one attached hydrogen (secondary N) is 1. The van der Waals surface area contributed by atoms with Crippen molar-refractivity contribution in [2.24, 2.45) is 0 Å². The Morgan fingerprint density at radius 1 is 1.09 bits per heavy atom. The zero-order valence-corrected chi connectivity index (χ0v) is 21.0. The quantitative estimate of drug-likeness (QED) is 0.224. The molecule has 1 N–H and O–H groups in total. The molecule has 0 saturated carbocycles. The van der Waals surface area contributed by atoms with Crippen molar-refractivity contribution in [3.8, 4) is 11.8 Å². The molecule has 1 amide bonds. The predicted octanol–water partition coefficient (Wildman–Crippen LogP) is 7.17. The van der Waals surface area contributed by atoms with E-state index in [0.29, 0.717) is 28.0 Å². The molecule has 0 aliphatic rings. The van der Waals surface area contributed by atoms with Gasteiger partial charge >= 0.3 is 0 Å². The molecule has 0 aliphatic heterocycles. The largest absolute Gasteiger partial charge is 0.495 e. The fourth-order valence-corrected chi connectivity index (χ4v) is 4.39. The zero-order valence-electron chi connectivity index (χ0n) is 19.5. The Labute approximate surface area is 214 Å². The monoisotopic (exact) mass is 503 g/mol. The van der Waals surface area contributed by atoms with Crippen molar-refractivity contribution >= 4 is 51.8 Å². The second kappa shape index (κ2) is 10.3. The van der Waals surface area contributed by atoms with Gasteiger partial charge in [0.1, 0.15) is 17.4 Å². The fourth-order valence-electron chi connectivity index (χ4n) is 4.07. The maximum Gasteiger partial charge on any atom is 0.266 e. The average molecular weight is 504 g/mol. The van der Waals surface area contributed by atoms with Crippen molar-refractivity contribution in [1.82, 2.24) is 4.57 Å². The highest BCUT2D eigenvalue weighted by Gasteiger charge is 2.17. The number of halogens is 2. The van der Waals surface area contributed by atoms with Crippen molar-refractivity contribution < 1.29 is 9.53 Å². The number of carbonyl (C=O) groups is 1. The smallest absolute Gasteiger partial charge is 0.266 e. The molecule has 4 rings (SSSR count). The van der Waals surface area contributed by atoms with Crippen molar-refractivity contribution in [2.45, 2.75) is 20.4 Å². The Morgan fingerprint density at radius 3 is 2.57 bits per heavy atom. The van der Waals surface area contributed by atoms with Crippen LogP contribution in [0.4, 0.5) is 5.69 Å². The van der Waals surface area contributed by atoms with Gasteiger partial charge in [0.25, 0.3) is 5.91 Å². The number of fused-ring (bicyclic) bond motifs is 1. The standard InChI is InChI=1S/C28H23Cl2N3O2/c1-17-8-11-27(35-3)25(12-17)32-28(34)20(15-31)14-22-18(2)33(26-7-5-4-6-21(22)26)16-19-9-10-23(29)24(30)13-19/h4-14H,16H2,1-3H3,(H,32,34)/b20-14+. The summed E-state index contributed by atoms with van der Waals surface area (Å²) < 4.78 is 7.48. The Balaban J connectivity index is 1.75. The van der Waals surface area contributed by atoms with Crippen LogP contribution >= 0.6 is 23.2 Å². The summed E-state index contributed by atoms with van der Waals surface area (Å²) in [4.78, 5) is 13.1. The zero-order chi connectivity index (χ0) is 25.1. The molecule has 0 radical (unpaired) electrons. The highest BCUT2D eigenvalue weighted by Crippen LogP contribution is 2.31. The van der Waals surface area contributed by atoms with Gasteiger partial charge in [-0.1, -0.05) is 53.5 Å². The van der Waals surface area contributed by atoms with Crippen LogP contribution in [0.25, 0.3) is 17.0 Å². The number of aryl methyl sites for hydroxylation is 1. The van der Waals surface area contributed by atoms with Gasteiger partial charge in [-0.05, 0) is 61.4 Å². The van der Waals surface area contributed by atoms with E-state index in [-0.39, 0.29) is 5.57 Å². The number of para-hydroxylation sites is 1. The van der Waals surface area contributed by atoms with Crippen LogP contribution in [0.3, 0.4) is 0 Å². The van der Waals surface area contributed by atoms with E-state index in [9.17, 15) is 10.1 Å². The number of nitriles is 1. The van der Waals surface area contributed by atoms with Gasteiger partial charge in [0.2, 0.25) is 0 Å². The van der Waals surface area contributed by atoms with E-state index in [4.69, 9.17) is 27.9 Å². The SMILES string of the molecule is COc1ccc(C)cc1NC(=O)/C(C#N)=C/c1c(C)n(Cc2ccc(Cl)c(Cl)c2)c2ccccc12. The molecular formula is C28H23Cl2N3O2. The summed E-state index contributed by atoms with van der Waals surface area (Å²) >= 11 is 12.3. The molecule has 0 atom stereocenters. The molecule has 0 fully saturated rings. The predicted molar refractivity (Wildman–Crippen MR) is 142 cm³/mol. The van der Waals surface area contributed by atoms with E-state index in [1.165, 1.54) is 7.11 Å². The highest BCUT2D eigenvalue weighted by molar-refractivity contribution is 6.42. The molecule has 0 unspecified atom stereocenters. The second-order valence-corrected chi connectivity index (χ2v) is 8.99. The minimum Gasteiger partial charge on any atom is -0.495 e. The van der Waals surface area contributed by atoms with Crippen LogP contribution in [0.1, 0.15) is 22.4 Å². The van der Waals surface area contributed by atoms with Gasteiger partial charge in [-0.25, -0.2) is 0 Å². The number of ether oxygens (including phenoxy) is 1. The fraction of sp³-hybridized carbons (Fsp3) is 0.143. The molecular weight excluding hydrogens is 481 g/mol. The van der Waals surface area contributed by atoms with E-state index in [0.717, 1.165) is 33.3 Å². The summed E-state index contributed by atoms with van der Waals surface area (Å²) in [5, 5.41) is 14.6. The van der Waals surface area contributed by atoms with Gasteiger partial charge in [0, 0.05) is 28.7 Å². The van der Waals surface area contributed by atoms with Crippen molar-refractivity contribution in [1.29, 1.82) is 5.26 Å². The summed E-state index contributed by atoms with van der Waals surface area (Å²) in [5.74, 6) is 0.0211. The van der Waals surface area contributed by atoms with Crippen molar-refractivity contribution in [3.63, 3.8) is 0 Å². The van der Waals surface area contributed by atoms with Gasteiger partial charge in [-0.15, -0.1) is 0 Å². The lowest BCUT2D eigenvalue weighted by Crippen LogP contribution is -2.14. The average Bonchev–Trinajstić information content (AvgIpc) is 3.10. The lowest BCUT2D eigenvalue weighted by molar-refractivity contribution is -0.112. The van der Waals surface area contributed by atoms with Crippen LogP contribution in [-0.2, 0) is 11.3 Å². The normalized spacial score (nSPS) is 11.4. The number of methoxy groups -OCH3 is 1. The molecule has 176 valence electrons. The summed E-state index contributed by atoms with van der Waals surface area (Å²) in [5.41, 5.74) is 5.18. The van der Waals surface area contributed by atoms with E-state index >= 15 is 0 Å². The molecule has 0 spiro atoms. The van der Waals surface area contributed by atoms with E-state index < -0.39 is 5.91 Å². The van der Waals surface area contributed by atoms with Gasteiger partial charge < -0.3 is 14.6 Å². The first-order valence-electron chi connectivity index (χ1n) is 10.9. The van der Waals surface area contributed by atoms with E-state index in [1.54, 1.807) is 24.3 Å². The maximum atomic E-state index is 13.1. The lowest BCUT2D eigenvalue weighted by atomic mass is 10.1. The van der Waals surface area contributed by atoms with Gasteiger partial charge in [-0.2, -0.15) is 5.26 Å². The van der Waals surface area contributed by atoms with Crippen molar-refractivity contribution in [3.05, 3.63) is 98.7 Å². The molecule has 1 heterocycles. The first kappa shape index (κ1) is 24.4. The second-order valence-electron chi connectivity index (χ2n) is 8.18. The molecule has 0 saturated heterocycles. The molecule has 35 heavy (non-hydrogen) atoms. The molecule has 0 aliphatic carbocycles. The molecule has 0 bridgehead atoms. The van der Waals surface area contributed by atoms with Crippen LogP contribution < -0.4 is 10.1 Å². The number of nitrogens with zero attached hydrogens (tertiary/aromatic N) is 2. The number of hydrogen-bond acceptors (Lipinski definition) is 3. The van der Waals surface area contributed by atoms with E-state index in [1.807, 2.05) is 56.3 Å². The number of carbonyl (C=O) groups excluding carboxylic acids is 1. The summed E-state index contributed by atoms with van der Waals surface area (Å²) in [6, 6.07) is 21.0. The third-order valence-electron chi connectivity index (χ3n) is 5.86. The number of aromatic nitrogens is 1. The van der Waals surface area contributed by atoms with Gasteiger partial charge in [0.15, 0.2) is 0 Å². The highest BCUT2D eigenvalue weighted by atomic mass is 35.5. The Morgan fingerprint density at radius 2 is 1.86 bits per heavy atom. The van der Waals surface area contributed by atoms with Crippen LogP contribution in [0.2, 0.25) is 10.0 Å². The lowest BCUT2D eigenvalue weighted by Gasteiger charge is -2.11. The molecule has 3 aromatic carbocycles. The molecule has 4 aromatic rings. The van der Waals surface area contributed by atoms with Gasteiger partial charge in [0.05, 0.1) is 22.8 Å². The minimum atomic E-state index is -0.503. The number of anilines is 1. The molecule has 5 nitrogen and oxygen atoms in total. The first-order chi connectivity index (χ1) is 16.8.